The van der Waals surface area contributed by atoms with Gasteiger partial charge >= 0.3 is 12.4 Å². The molecule has 2 saturated heterocycles. The summed E-state index contributed by atoms with van der Waals surface area (Å²) in [5, 5.41) is 11.7. The number of pyridine rings is 1. The van der Waals surface area contributed by atoms with Crippen LogP contribution in [-0.2, 0) is 43.8 Å². The van der Waals surface area contributed by atoms with Gasteiger partial charge in [0.15, 0.2) is 0 Å². The number of carbonyl (C=O) groups excluding carboxylic acids is 3. The van der Waals surface area contributed by atoms with Gasteiger partial charge in [-0.3, -0.25) is 24.1 Å². The number of aromatic nitrogens is 1. The average molecular weight is 828 g/mol. The van der Waals surface area contributed by atoms with Crippen LogP contribution in [0.3, 0.4) is 0 Å². The van der Waals surface area contributed by atoms with E-state index in [0.29, 0.717) is 35.0 Å². The van der Waals surface area contributed by atoms with Crippen LogP contribution in [-0.4, -0.2) is 78.5 Å². The number of hydrogen-bond acceptors (Lipinski definition) is 9. The standard InChI is InChI=1S/C37H39F6N5O6S2/c1-3-7-29-35(54-25-20-30(55-22-25)37(41,42)43,13-6-17-48(29)32(50)26-21-45-16-12-28(26)36(38,39)40)33(51)47-18-14-34(23-44,15-19-47)27-9-5-4-8-24(27)10-11-31(49)46-56(2,52)53/h4-5,8-9,12,16,20-22,29H,3,6-7,10-11,13-15,17-19H2,1-2H3,(H,46,49)/t29-,35-/m1/s1. The number of hydrogen-bond donors (Lipinski definition) is 1. The molecule has 56 heavy (non-hydrogen) atoms. The lowest BCUT2D eigenvalue weighted by Crippen LogP contribution is -2.68. The van der Waals surface area contributed by atoms with E-state index in [4.69, 9.17) is 4.74 Å². The predicted molar refractivity (Wildman–Crippen MR) is 192 cm³/mol. The first-order chi connectivity index (χ1) is 26.2. The highest BCUT2D eigenvalue weighted by Gasteiger charge is 2.56. The van der Waals surface area contributed by atoms with E-state index in [0.717, 1.165) is 35.0 Å². The third-order valence-electron chi connectivity index (χ3n) is 10.1. The zero-order valence-corrected chi connectivity index (χ0v) is 32.0. The molecular formula is C37H39F6N5O6S2. The second-order valence-corrected chi connectivity index (χ2v) is 16.6. The summed E-state index contributed by atoms with van der Waals surface area (Å²) in [7, 11) is -3.79. The van der Waals surface area contributed by atoms with Crippen molar-refractivity contribution in [2.24, 2.45) is 0 Å². The first-order valence-electron chi connectivity index (χ1n) is 17.7. The Labute approximate surface area is 323 Å². The Kier molecular flexibility index (Phi) is 12.4. The average Bonchev–Trinajstić information content (AvgIpc) is 3.62. The van der Waals surface area contributed by atoms with Crippen LogP contribution in [0.2, 0.25) is 0 Å². The first-order valence-corrected chi connectivity index (χ1v) is 20.5. The molecule has 2 aromatic heterocycles. The Morgan fingerprint density at radius 3 is 2.36 bits per heavy atom. The van der Waals surface area contributed by atoms with Gasteiger partial charge in [-0.25, -0.2) is 8.42 Å². The molecule has 1 N–H and O–H groups in total. The molecule has 4 heterocycles. The number of halogens is 6. The Morgan fingerprint density at radius 2 is 1.75 bits per heavy atom. The van der Waals surface area contributed by atoms with Crippen LogP contribution in [0, 0.1) is 11.3 Å². The molecule has 0 bridgehead atoms. The second kappa shape index (κ2) is 16.4. The molecule has 0 saturated carbocycles. The summed E-state index contributed by atoms with van der Waals surface area (Å²) in [6.45, 7) is 1.59. The van der Waals surface area contributed by atoms with Crippen molar-refractivity contribution in [2.45, 2.75) is 87.7 Å². The van der Waals surface area contributed by atoms with E-state index in [1.165, 1.54) is 4.90 Å². The highest BCUT2D eigenvalue weighted by Crippen LogP contribution is 2.44. The lowest BCUT2D eigenvalue weighted by atomic mass is 9.71. The van der Waals surface area contributed by atoms with Crippen LogP contribution in [0.15, 0.2) is 54.2 Å². The van der Waals surface area contributed by atoms with Crippen molar-refractivity contribution in [1.82, 2.24) is 19.5 Å². The minimum Gasteiger partial charge on any atom is -0.474 e. The van der Waals surface area contributed by atoms with Crippen molar-refractivity contribution in [1.29, 1.82) is 5.26 Å². The zero-order chi connectivity index (χ0) is 41.1. The number of benzene rings is 1. The fourth-order valence-electron chi connectivity index (χ4n) is 7.61. The molecule has 1 aromatic carbocycles. The van der Waals surface area contributed by atoms with E-state index < -0.39 is 73.2 Å². The number of nitrogens with one attached hydrogen (secondary N) is 1. The Morgan fingerprint density at radius 1 is 1.05 bits per heavy atom. The Balaban J connectivity index is 1.50. The molecular weight excluding hydrogens is 789 g/mol. The number of alkyl halides is 6. The number of likely N-dealkylation sites (tertiary alicyclic amines) is 2. The molecule has 0 radical (unpaired) electrons. The summed E-state index contributed by atoms with van der Waals surface area (Å²) in [6.07, 6.45) is -6.65. The summed E-state index contributed by atoms with van der Waals surface area (Å²) in [6, 6.07) is 9.43. The minimum atomic E-state index is -4.92. The molecule has 2 fully saturated rings. The Hall–Kier alpha value is -4.70. The van der Waals surface area contributed by atoms with Gasteiger partial charge in [0.2, 0.25) is 21.5 Å². The van der Waals surface area contributed by atoms with Gasteiger partial charge in [0.25, 0.3) is 11.8 Å². The van der Waals surface area contributed by atoms with E-state index >= 15 is 0 Å². The maximum absolute atomic E-state index is 15.0. The molecule has 11 nitrogen and oxygen atoms in total. The lowest BCUT2D eigenvalue weighted by molar-refractivity contribution is -0.160. The highest BCUT2D eigenvalue weighted by atomic mass is 32.2. The SMILES string of the molecule is CCC[C@H]1N(C(=O)c2cnccc2C(F)(F)F)CCC[C@]1(Oc1csc(C(F)(F)F)c1)C(=O)N1CCC(C#N)(c2ccccc2CCC(=O)NS(C)(=O)=O)CC1. The van der Waals surface area contributed by atoms with Gasteiger partial charge < -0.3 is 14.5 Å². The molecule has 0 spiro atoms. The van der Waals surface area contributed by atoms with Crippen LogP contribution in [0.5, 0.6) is 5.75 Å². The third kappa shape index (κ3) is 9.12. The van der Waals surface area contributed by atoms with Gasteiger partial charge in [0, 0.05) is 56.3 Å². The number of carbonyl (C=O) groups is 3. The fraction of sp³-hybridized carbons (Fsp3) is 0.486. The maximum atomic E-state index is 15.0. The molecule has 0 aliphatic carbocycles. The van der Waals surface area contributed by atoms with Crippen LogP contribution in [0.4, 0.5) is 26.3 Å². The monoisotopic (exact) mass is 827 g/mol. The quantitative estimate of drug-likeness (QED) is 0.216. The van der Waals surface area contributed by atoms with Crippen LogP contribution < -0.4 is 9.46 Å². The zero-order valence-electron chi connectivity index (χ0n) is 30.4. The van der Waals surface area contributed by atoms with Gasteiger partial charge in [0.05, 0.1) is 34.9 Å². The van der Waals surface area contributed by atoms with Gasteiger partial charge in [-0.2, -0.15) is 31.6 Å². The minimum absolute atomic E-state index is 0.0363. The molecule has 302 valence electrons. The molecule has 0 unspecified atom stereocenters. The van der Waals surface area contributed by atoms with Crippen molar-refractivity contribution in [3.63, 3.8) is 0 Å². The van der Waals surface area contributed by atoms with Crippen LogP contribution in [0.25, 0.3) is 0 Å². The molecule has 2 aliphatic heterocycles. The molecule has 3 amide bonds. The van der Waals surface area contributed by atoms with Crippen molar-refractivity contribution in [2.75, 3.05) is 25.9 Å². The number of thiophene rings is 1. The number of piperidine rings is 2. The molecule has 3 aromatic rings. The number of nitriles is 1. The number of aryl methyl sites for hydroxylation is 1. The number of sulfonamides is 1. The number of nitrogens with zero attached hydrogens (tertiary/aromatic N) is 4. The predicted octanol–water partition coefficient (Wildman–Crippen LogP) is 6.50. The van der Waals surface area contributed by atoms with Crippen molar-refractivity contribution in [3.05, 3.63) is 81.3 Å². The molecule has 2 atom stereocenters. The van der Waals surface area contributed by atoms with Gasteiger partial charge in [0.1, 0.15) is 10.6 Å². The summed E-state index contributed by atoms with van der Waals surface area (Å²) >= 11 is 0.345. The van der Waals surface area contributed by atoms with E-state index in [2.05, 4.69) is 11.1 Å². The second-order valence-electron chi connectivity index (χ2n) is 13.9. The van der Waals surface area contributed by atoms with Crippen LogP contribution >= 0.6 is 11.3 Å². The number of ether oxygens (including phenoxy) is 1. The van der Waals surface area contributed by atoms with E-state index in [9.17, 15) is 54.4 Å². The van der Waals surface area contributed by atoms with E-state index in [1.807, 2.05) is 4.72 Å². The maximum Gasteiger partial charge on any atom is 0.425 e. The topological polar surface area (TPSA) is 150 Å². The van der Waals surface area contributed by atoms with E-state index in [-0.39, 0.29) is 70.3 Å². The third-order valence-corrected chi connectivity index (χ3v) is 11.7. The van der Waals surface area contributed by atoms with Gasteiger partial charge in [-0.05, 0) is 49.3 Å². The summed E-state index contributed by atoms with van der Waals surface area (Å²) in [5.41, 5.74) is -3.96. The molecule has 19 heteroatoms. The molecule has 2 aliphatic rings. The Bertz CT molecular complexity index is 2090. The normalized spacial score (nSPS) is 20.2. The highest BCUT2D eigenvalue weighted by molar-refractivity contribution is 7.89. The largest absolute Gasteiger partial charge is 0.474 e. The van der Waals surface area contributed by atoms with Crippen LogP contribution in [0.1, 0.15) is 83.8 Å². The number of amides is 3. The van der Waals surface area contributed by atoms with Gasteiger partial charge in [-0.15, -0.1) is 11.3 Å². The van der Waals surface area contributed by atoms with Gasteiger partial charge in [-0.1, -0.05) is 37.6 Å². The summed E-state index contributed by atoms with van der Waals surface area (Å²) < 4.78 is 115. The summed E-state index contributed by atoms with van der Waals surface area (Å²) in [4.78, 5) is 46.6. The first kappa shape index (κ1) is 42.4. The van der Waals surface area contributed by atoms with Crippen molar-refractivity contribution >= 4 is 39.1 Å². The molecule has 5 rings (SSSR count). The van der Waals surface area contributed by atoms with Crippen molar-refractivity contribution in [3.8, 4) is 11.8 Å². The summed E-state index contributed by atoms with van der Waals surface area (Å²) in [5.74, 6) is -2.77. The van der Waals surface area contributed by atoms with E-state index in [1.54, 1.807) is 31.2 Å². The smallest absolute Gasteiger partial charge is 0.425 e. The number of rotatable bonds is 11. The fourth-order valence-corrected chi connectivity index (χ4v) is 8.81. The lowest BCUT2D eigenvalue weighted by Gasteiger charge is -2.51. The van der Waals surface area contributed by atoms with Crippen molar-refractivity contribution < 1.29 is 53.9 Å².